The smallest absolute Gasteiger partial charge is 0.0241 e. The summed E-state index contributed by atoms with van der Waals surface area (Å²) in [4.78, 5) is 0. The highest BCUT2D eigenvalue weighted by Crippen LogP contribution is 2.28. The Balaban J connectivity index is 3.89. The lowest BCUT2D eigenvalue weighted by Crippen LogP contribution is -2.28. The van der Waals surface area contributed by atoms with Crippen molar-refractivity contribution in [2.24, 2.45) is 17.1 Å². The van der Waals surface area contributed by atoms with E-state index in [2.05, 4.69) is 39.5 Å². The van der Waals surface area contributed by atoms with Crippen molar-refractivity contribution >= 4 is 0 Å². The summed E-state index contributed by atoms with van der Waals surface area (Å²) in [7, 11) is 0. The van der Waals surface area contributed by atoms with Gasteiger partial charge in [-0.3, -0.25) is 0 Å². The van der Waals surface area contributed by atoms with Gasteiger partial charge in [0.15, 0.2) is 0 Å². The van der Waals surface area contributed by atoms with Crippen LogP contribution in [0.2, 0.25) is 0 Å². The van der Waals surface area contributed by atoms with Crippen LogP contribution in [0.25, 0.3) is 0 Å². The van der Waals surface area contributed by atoms with E-state index in [1.54, 1.807) is 0 Å². The van der Waals surface area contributed by atoms with Crippen LogP contribution >= 0.6 is 0 Å². The van der Waals surface area contributed by atoms with Crippen molar-refractivity contribution in [1.29, 1.82) is 0 Å². The zero-order valence-electron chi connectivity index (χ0n) is 9.65. The molecule has 1 heteroatoms. The van der Waals surface area contributed by atoms with E-state index in [-0.39, 0.29) is 6.04 Å². The van der Waals surface area contributed by atoms with Gasteiger partial charge in [0.25, 0.3) is 0 Å². The van der Waals surface area contributed by atoms with Gasteiger partial charge in [0.05, 0.1) is 0 Å². The van der Waals surface area contributed by atoms with Crippen molar-refractivity contribution in [1.82, 2.24) is 0 Å². The Morgan fingerprint density at radius 2 is 1.85 bits per heavy atom. The van der Waals surface area contributed by atoms with Crippen LogP contribution in [0.15, 0.2) is 0 Å². The first kappa shape index (κ1) is 12.5. The minimum Gasteiger partial charge on any atom is -0.327 e. The van der Waals surface area contributed by atoms with Gasteiger partial charge < -0.3 is 5.73 Å². The predicted octanol–water partition coefficient (Wildman–Crippen LogP) is 2.80. The molecule has 0 heterocycles. The maximum atomic E-state index is 5.95. The normalized spacial score (nSPS) is 15.8. The van der Waals surface area contributed by atoms with Crippen molar-refractivity contribution in [3.05, 3.63) is 0 Å². The molecule has 13 heavy (non-hydrogen) atoms. The second-order valence-corrected chi connectivity index (χ2v) is 4.89. The SMILES string of the molecule is CC#CCC(N)CC(C)C(C)(C)C. The number of hydrogen-bond acceptors (Lipinski definition) is 1. The van der Waals surface area contributed by atoms with Gasteiger partial charge >= 0.3 is 0 Å². The van der Waals surface area contributed by atoms with E-state index in [4.69, 9.17) is 5.73 Å². The first-order chi connectivity index (χ1) is 5.88. The lowest BCUT2D eigenvalue weighted by Gasteiger charge is -2.29. The molecule has 0 rings (SSSR count). The number of nitrogens with two attached hydrogens (primary N) is 1. The number of hydrogen-bond donors (Lipinski definition) is 1. The molecule has 2 unspecified atom stereocenters. The Kier molecular flexibility index (Phi) is 5.10. The topological polar surface area (TPSA) is 26.0 Å². The lowest BCUT2D eigenvalue weighted by atomic mass is 9.78. The van der Waals surface area contributed by atoms with Gasteiger partial charge in [-0.1, -0.05) is 27.7 Å². The monoisotopic (exact) mass is 181 g/mol. The molecule has 0 spiro atoms. The maximum absolute atomic E-state index is 5.95. The molecule has 0 saturated heterocycles. The second kappa shape index (κ2) is 5.29. The molecule has 0 aliphatic heterocycles. The van der Waals surface area contributed by atoms with Crippen LogP contribution in [-0.2, 0) is 0 Å². The lowest BCUT2D eigenvalue weighted by molar-refractivity contribution is 0.234. The van der Waals surface area contributed by atoms with E-state index in [9.17, 15) is 0 Å². The molecule has 0 radical (unpaired) electrons. The third-order valence-electron chi connectivity index (χ3n) is 2.68. The molecule has 1 nitrogen and oxygen atoms in total. The standard InChI is InChI=1S/C12H23N/c1-6-7-8-11(13)9-10(2)12(3,4)5/h10-11H,8-9,13H2,1-5H3. The van der Waals surface area contributed by atoms with E-state index >= 15 is 0 Å². The Morgan fingerprint density at radius 3 is 2.23 bits per heavy atom. The fourth-order valence-corrected chi connectivity index (χ4v) is 1.12. The predicted molar refractivity (Wildman–Crippen MR) is 59.3 cm³/mol. The molecule has 0 aliphatic carbocycles. The molecule has 2 atom stereocenters. The zero-order chi connectivity index (χ0) is 10.5. The molecule has 0 aromatic carbocycles. The van der Waals surface area contributed by atoms with Crippen LogP contribution in [0.3, 0.4) is 0 Å². The summed E-state index contributed by atoms with van der Waals surface area (Å²) in [6.45, 7) is 10.9. The minimum atomic E-state index is 0.238. The van der Waals surface area contributed by atoms with Crippen LogP contribution < -0.4 is 5.73 Å². The summed E-state index contributed by atoms with van der Waals surface area (Å²) in [5, 5.41) is 0. The Morgan fingerprint density at radius 1 is 1.31 bits per heavy atom. The molecular weight excluding hydrogens is 158 g/mol. The van der Waals surface area contributed by atoms with E-state index < -0.39 is 0 Å². The van der Waals surface area contributed by atoms with Crippen LogP contribution in [-0.4, -0.2) is 6.04 Å². The maximum Gasteiger partial charge on any atom is 0.0241 e. The summed E-state index contributed by atoms with van der Waals surface area (Å²) in [6, 6.07) is 0.238. The van der Waals surface area contributed by atoms with Gasteiger partial charge in [0.1, 0.15) is 0 Å². The third kappa shape index (κ3) is 5.71. The molecular formula is C12H23N. The van der Waals surface area contributed by atoms with Crippen molar-refractivity contribution in [3.63, 3.8) is 0 Å². The summed E-state index contributed by atoms with van der Waals surface area (Å²) in [6.07, 6.45) is 1.90. The van der Waals surface area contributed by atoms with Crippen molar-refractivity contribution in [2.75, 3.05) is 0 Å². The Hall–Kier alpha value is -0.480. The Labute approximate surface area is 83.1 Å². The molecule has 0 aromatic heterocycles. The van der Waals surface area contributed by atoms with Gasteiger partial charge in [0, 0.05) is 12.5 Å². The average molecular weight is 181 g/mol. The fraction of sp³-hybridized carbons (Fsp3) is 0.833. The number of rotatable bonds is 3. The van der Waals surface area contributed by atoms with E-state index in [0.717, 1.165) is 12.8 Å². The summed E-state index contributed by atoms with van der Waals surface area (Å²) in [5.41, 5.74) is 6.31. The van der Waals surface area contributed by atoms with Crippen LogP contribution in [0.4, 0.5) is 0 Å². The average Bonchev–Trinajstić information content (AvgIpc) is 1.99. The van der Waals surface area contributed by atoms with Gasteiger partial charge in [-0.25, -0.2) is 0 Å². The summed E-state index contributed by atoms with van der Waals surface area (Å²) >= 11 is 0. The van der Waals surface area contributed by atoms with E-state index in [1.165, 1.54) is 0 Å². The highest BCUT2D eigenvalue weighted by molar-refractivity contribution is 4.97. The van der Waals surface area contributed by atoms with Gasteiger partial charge in [0.2, 0.25) is 0 Å². The Bertz CT molecular complexity index is 189. The van der Waals surface area contributed by atoms with Crippen LogP contribution in [0, 0.1) is 23.2 Å². The van der Waals surface area contributed by atoms with Gasteiger partial charge in [-0.2, -0.15) is 0 Å². The summed E-state index contributed by atoms with van der Waals surface area (Å²) < 4.78 is 0. The molecule has 0 aliphatic rings. The quantitative estimate of drug-likeness (QED) is 0.666. The third-order valence-corrected chi connectivity index (χ3v) is 2.68. The van der Waals surface area contributed by atoms with Crippen molar-refractivity contribution in [2.45, 2.75) is 53.5 Å². The van der Waals surface area contributed by atoms with Crippen LogP contribution in [0.1, 0.15) is 47.5 Å². The fourth-order valence-electron chi connectivity index (χ4n) is 1.12. The highest BCUT2D eigenvalue weighted by Gasteiger charge is 2.21. The summed E-state index contributed by atoms with van der Waals surface area (Å²) in [5.74, 6) is 6.56. The molecule has 76 valence electrons. The van der Waals surface area contributed by atoms with Gasteiger partial charge in [-0.15, -0.1) is 11.8 Å². The largest absolute Gasteiger partial charge is 0.327 e. The molecule has 2 N–H and O–H groups in total. The highest BCUT2D eigenvalue weighted by atomic mass is 14.6. The molecule has 0 amide bonds. The van der Waals surface area contributed by atoms with E-state index in [0.29, 0.717) is 11.3 Å². The minimum absolute atomic E-state index is 0.238. The first-order valence-corrected chi connectivity index (χ1v) is 5.03. The first-order valence-electron chi connectivity index (χ1n) is 5.03. The zero-order valence-corrected chi connectivity index (χ0v) is 9.65. The van der Waals surface area contributed by atoms with Crippen LogP contribution in [0.5, 0.6) is 0 Å². The molecule has 0 bridgehead atoms. The van der Waals surface area contributed by atoms with Gasteiger partial charge in [-0.05, 0) is 24.7 Å². The molecule has 0 fully saturated rings. The molecule has 0 aromatic rings. The second-order valence-electron chi connectivity index (χ2n) is 4.89. The molecule has 0 saturated carbocycles. The van der Waals surface area contributed by atoms with Crippen molar-refractivity contribution in [3.8, 4) is 11.8 Å². The van der Waals surface area contributed by atoms with E-state index in [1.807, 2.05) is 6.92 Å². The van der Waals surface area contributed by atoms with Crippen molar-refractivity contribution < 1.29 is 0 Å².